The number of nitrogens with one attached hydrogen (secondary N) is 2. The zero-order valence-electron chi connectivity index (χ0n) is 11.8. The topological polar surface area (TPSA) is 67.2 Å². The van der Waals surface area contributed by atoms with Crippen molar-refractivity contribution in [3.63, 3.8) is 0 Å². The molecule has 0 spiro atoms. The van der Waals surface area contributed by atoms with E-state index < -0.39 is 0 Å². The minimum absolute atomic E-state index is 0.00189. The van der Waals surface area contributed by atoms with Gasteiger partial charge in [-0.15, -0.1) is 0 Å². The molecule has 2 rings (SSSR count). The van der Waals surface area contributed by atoms with Crippen molar-refractivity contribution in [3.8, 4) is 0 Å². The van der Waals surface area contributed by atoms with Crippen LogP contribution in [0.3, 0.4) is 0 Å². The number of amides is 1. The Kier molecular flexibility index (Phi) is 5.26. The third kappa shape index (κ3) is 4.12. The third-order valence-electron chi connectivity index (χ3n) is 3.65. The molecule has 4 N–H and O–H groups in total. The summed E-state index contributed by atoms with van der Waals surface area (Å²) in [6.07, 6.45) is 4.77. The summed E-state index contributed by atoms with van der Waals surface area (Å²) in [6, 6.07) is 6.12. The number of carbonyl (C=O) groups is 1. The van der Waals surface area contributed by atoms with E-state index in [0.29, 0.717) is 17.5 Å². The molecule has 0 aliphatic heterocycles. The number of halogens is 1. The Hall–Kier alpha value is -1.26. The summed E-state index contributed by atoms with van der Waals surface area (Å²) in [4.78, 5) is 11.4. The van der Waals surface area contributed by atoms with E-state index in [2.05, 4.69) is 10.6 Å². The van der Waals surface area contributed by atoms with Gasteiger partial charge in [-0.1, -0.05) is 18.5 Å². The third-order valence-corrected chi connectivity index (χ3v) is 3.98. The number of hydrogen-bond donors (Lipinski definition) is 3. The van der Waals surface area contributed by atoms with Gasteiger partial charge in [-0.3, -0.25) is 4.79 Å². The van der Waals surface area contributed by atoms with Gasteiger partial charge < -0.3 is 16.4 Å². The molecule has 2 atom stereocenters. The van der Waals surface area contributed by atoms with E-state index in [9.17, 15) is 4.79 Å². The van der Waals surface area contributed by atoms with Crippen LogP contribution in [0.4, 0.5) is 11.4 Å². The molecule has 0 radical (unpaired) electrons. The molecular weight excluding hydrogens is 274 g/mol. The Morgan fingerprint density at radius 2 is 2.25 bits per heavy atom. The molecule has 1 fully saturated rings. The average Bonchev–Trinajstić information content (AvgIpc) is 2.42. The van der Waals surface area contributed by atoms with E-state index >= 15 is 0 Å². The van der Waals surface area contributed by atoms with E-state index in [1.807, 2.05) is 19.1 Å². The van der Waals surface area contributed by atoms with Crippen LogP contribution in [0.25, 0.3) is 0 Å². The lowest BCUT2D eigenvalue weighted by atomic mass is 9.91. The normalized spacial score (nSPS) is 22.4. The quantitative estimate of drug-likeness (QED) is 0.798. The highest BCUT2D eigenvalue weighted by Crippen LogP contribution is 2.29. The predicted octanol–water partition coefficient (Wildman–Crippen LogP) is 3.37. The molecule has 0 saturated heterocycles. The smallest absolute Gasteiger partial charge is 0.224 e. The van der Waals surface area contributed by atoms with Crippen molar-refractivity contribution in [3.05, 3.63) is 23.2 Å². The Morgan fingerprint density at radius 3 is 2.95 bits per heavy atom. The molecule has 20 heavy (non-hydrogen) atoms. The Bertz CT molecular complexity index is 478. The number of anilines is 2. The highest BCUT2D eigenvalue weighted by atomic mass is 35.5. The van der Waals surface area contributed by atoms with Gasteiger partial charge in [0.2, 0.25) is 5.91 Å². The fourth-order valence-corrected chi connectivity index (χ4v) is 2.71. The molecule has 1 aliphatic rings. The molecule has 4 nitrogen and oxygen atoms in total. The van der Waals surface area contributed by atoms with Gasteiger partial charge in [0.25, 0.3) is 0 Å². The van der Waals surface area contributed by atoms with Gasteiger partial charge in [-0.05, 0) is 43.9 Å². The molecule has 0 bridgehead atoms. The maximum absolute atomic E-state index is 11.4. The molecule has 0 heterocycles. The number of rotatable bonds is 4. The van der Waals surface area contributed by atoms with Crippen molar-refractivity contribution in [1.29, 1.82) is 0 Å². The molecule has 2 unspecified atom stereocenters. The average molecular weight is 296 g/mol. The monoisotopic (exact) mass is 295 g/mol. The van der Waals surface area contributed by atoms with Crippen molar-refractivity contribution in [2.75, 3.05) is 10.6 Å². The summed E-state index contributed by atoms with van der Waals surface area (Å²) in [6.45, 7) is 1.83. The summed E-state index contributed by atoms with van der Waals surface area (Å²) in [7, 11) is 0. The van der Waals surface area contributed by atoms with Gasteiger partial charge in [0, 0.05) is 24.2 Å². The summed E-state index contributed by atoms with van der Waals surface area (Å²) in [5.74, 6) is -0.00189. The second kappa shape index (κ2) is 6.95. The number of nitrogens with two attached hydrogens (primary N) is 1. The van der Waals surface area contributed by atoms with Crippen molar-refractivity contribution < 1.29 is 4.79 Å². The fourth-order valence-electron chi connectivity index (χ4n) is 2.54. The highest BCUT2D eigenvalue weighted by Gasteiger charge is 2.19. The summed E-state index contributed by atoms with van der Waals surface area (Å²) in [5.41, 5.74) is 7.63. The lowest BCUT2D eigenvalue weighted by molar-refractivity contribution is -0.115. The summed E-state index contributed by atoms with van der Waals surface area (Å²) < 4.78 is 0. The van der Waals surface area contributed by atoms with E-state index in [4.69, 9.17) is 17.3 Å². The lowest BCUT2D eigenvalue weighted by Crippen LogP contribution is -2.34. The van der Waals surface area contributed by atoms with E-state index in [1.54, 1.807) is 6.07 Å². The van der Waals surface area contributed by atoms with Gasteiger partial charge in [-0.2, -0.15) is 0 Å². The van der Waals surface area contributed by atoms with Crippen LogP contribution < -0.4 is 16.4 Å². The summed E-state index contributed by atoms with van der Waals surface area (Å²) in [5, 5.41) is 6.96. The largest absolute Gasteiger partial charge is 0.381 e. The van der Waals surface area contributed by atoms with Crippen LogP contribution in [-0.4, -0.2) is 18.0 Å². The van der Waals surface area contributed by atoms with Gasteiger partial charge >= 0.3 is 0 Å². The zero-order chi connectivity index (χ0) is 14.5. The predicted molar refractivity (Wildman–Crippen MR) is 84.2 cm³/mol. The molecule has 1 aromatic rings. The van der Waals surface area contributed by atoms with Crippen LogP contribution in [0.15, 0.2) is 18.2 Å². The van der Waals surface area contributed by atoms with Gasteiger partial charge in [-0.25, -0.2) is 0 Å². The first-order valence-corrected chi connectivity index (χ1v) is 7.57. The first kappa shape index (κ1) is 15.1. The Balaban J connectivity index is 2.06. The number of hydrogen-bond acceptors (Lipinski definition) is 3. The van der Waals surface area contributed by atoms with Crippen LogP contribution in [0, 0.1) is 0 Å². The molecule has 110 valence electrons. The molecule has 1 aliphatic carbocycles. The van der Waals surface area contributed by atoms with Crippen molar-refractivity contribution in [2.45, 2.75) is 51.1 Å². The molecule has 5 heteroatoms. The van der Waals surface area contributed by atoms with Crippen LogP contribution in [-0.2, 0) is 4.79 Å². The number of carbonyl (C=O) groups excluding carboxylic acids is 1. The second-order valence-corrected chi connectivity index (χ2v) is 5.77. The van der Waals surface area contributed by atoms with E-state index in [-0.39, 0.29) is 11.9 Å². The van der Waals surface area contributed by atoms with Crippen molar-refractivity contribution in [1.82, 2.24) is 0 Å². The maximum atomic E-state index is 11.4. The van der Waals surface area contributed by atoms with Crippen molar-refractivity contribution >= 4 is 28.9 Å². The standard InChI is InChI=1S/C15H22ClN3O/c1-2-15(20)19-12-6-7-13(16)14(9-12)18-11-5-3-4-10(17)8-11/h6-7,9-11,18H,2-5,8,17H2,1H3,(H,19,20). The van der Waals surface area contributed by atoms with Crippen LogP contribution in [0.1, 0.15) is 39.0 Å². The Labute approximate surface area is 125 Å². The number of benzene rings is 1. The maximum Gasteiger partial charge on any atom is 0.224 e. The minimum atomic E-state index is -0.00189. The molecule has 1 aromatic carbocycles. The first-order valence-electron chi connectivity index (χ1n) is 7.20. The van der Waals surface area contributed by atoms with Crippen LogP contribution >= 0.6 is 11.6 Å². The van der Waals surface area contributed by atoms with Gasteiger partial charge in [0.05, 0.1) is 10.7 Å². The van der Waals surface area contributed by atoms with E-state index in [0.717, 1.165) is 37.1 Å². The van der Waals surface area contributed by atoms with Gasteiger partial charge in [0.15, 0.2) is 0 Å². The van der Waals surface area contributed by atoms with Crippen LogP contribution in [0.5, 0.6) is 0 Å². The van der Waals surface area contributed by atoms with Gasteiger partial charge in [0.1, 0.15) is 0 Å². The SMILES string of the molecule is CCC(=O)Nc1ccc(Cl)c(NC2CCCC(N)C2)c1. The molecule has 1 saturated carbocycles. The highest BCUT2D eigenvalue weighted by molar-refractivity contribution is 6.33. The molecule has 0 aromatic heterocycles. The van der Waals surface area contributed by atoms with Crippen LogP contribution in [0.2, 0.25) is 5.02 Å². The lowest BCUT2D eigenvalue weighted by Gasteiger charge is -2.28. The Morgan fingerprint density at radius 1 is 1.45 bits per heavy atom. The first-order chi connectivity index (χ1) is 9.58. The molecule has 1 amide bonds. The minimum Gasteiger partial charge on any atom is -0.381 e. The van der Waals surface area contributed by atoms with E-state index in [1.165, 1.54) is 0 Å². The fraction of sp³-hybridized carbons (Fsp3) is 0.533. The second-order valence-electron chi connectivity index (χ2n) is 5.36. The molecular formula is C15H22ClN3O. The zero-order valence-corrected chi connectivity index (χ0v) is 12.5. The summed E-state index contributed by atoms with van der Waals surface area (Å²) >= 11 is 6.22. The van der Waals surface area contributed by atoms with Crippen molar-refractivity contribution in [2.24, 2.45) is 5.73 Å².